The Morgan fingerprint density at radius 3 is 2.88 bits per heavy atom. The first-order chi connectivity index (χ1) is 7.72. The fourth-order valence-electron chi connectivity index (χ4n) is 1.69. The lowest BCUT2D eigenvalue weighted by Gasteiger charge is -2.10. The molecule has 0 bridgehead atoms. The second-order valence-electron chi connectivity index (χ2n) is 3.96. The normalized spacial score (nSPS) is 11.8. The van der Waals surface area contributed by atoms with Gasteiger partial charge in [0.2, 0.25) is 0 Å². The molecule has 0 aromatic carbocycles. The summed E-state index contributed by atoms with van der Waals surface area (Å²) in [4.78, 5) is 10.7. The van der Waals surface area contributed by atoms with Gasteiger partial charge in [0.1, 0.15) is 0 Å². The van der Waals surface area contributed by atoms with Crippen molar-refractivity contribution >= 4 is 33.0 Å². The second kappa shape index (κ2) is 4.74. The molecule has 3 heteroatoms. The van der Waals surface area contributed by atoms with Crippen molar-refractivity contribution in [1.29, 1.82) is 0 Å². The minimum atomic E-state index is 0.454. The van der Waals surface area contributed by atoms with Gasteiger partial charge in [-0.15, -0.1) is 0 Å². The highest BCUT2D eigenvalue weighted by Crippen LogP contribution is 2.23. The highest BCUT2D eigenvalue weighted by atomic mass is 79.9. The summed E-state index contributed by atoms with van der Waals surface area (Å²) in [7, 11) is 0. The molecule has 0 aliphatic carbocycles. The molecule has 0 saturated carbocycles. The van der Waals surface area contributed by atoms with E-state index in [1.54, 1.807) is 6.20 Å². The summed E-state index contributed by atoms with van der Waals surface area (Å²) in [5, 5.41) is 1.10. The zero-order valence-electron chi connectivity index (χ0n) is 9.31. The SMILES string of the molecule is CC(C)c1cc2cccnc2nc1C=CBr. The van der Waals surface area contributed by atoms with Crippen LogP contribution in [0, 0.1) is 0 Å². The fourth-order valence-corrected chi connectivity index (χ4v) is 1.94. The molecule has 0 fully saturated rings. The zero-order valence-corrected chi connectivity index (χ0v) is 10.9. The minimum absolute atomic E-state index is 0.454. The first-order valence-electron chi connectivity index (χ1n) is 5.25. The molecule has 16 heavy (non-hydrogen) atoms. The average molecular weight is 277 g/mol. The highest BCUT2D eigenvalue weighted by molar-refractivity contribution is 9.11. The number of pyridine rings is 2. The summed E-state index contributed by atoms with van der Waals surface area (Å²) in [5.74, 6) is 0.454. The molecular formula is C13H13BrN2. The van der Waals surface area contributed by atoms with E-state index in [1.165, 1.54) is 5.56 Å². The molecule has 0 aliphatic rings. The van der Waals surface area contributed by atoms with Crippen LogP contribution in [0.3, 0.4) is 0 Å². The van der Waals surface area contributed by atoms with Crippen LogP contribution in [0.4, 0.5) is 0 Å². The monoisotopic (exact) mass is 276 g/mol. The van der Waals surface area contributed by atoms with Gasteiger partial charge in [-0.05, 0) is 40.7 Å². The predicted molar refractivity (Wildman–Crippen MR) is 71.6 cm³/mol. The van der Waals surface area contributed by atoms with Crippen molar-refractivity contribution in [2.24, 2.45) is 0 Å². The minimum Gasteiger partial charge on any atom is -0.237 e. The quantitative estimate of drug-likeness (QED) is 0.825. The molecule has 2 heterocycles. The highest BCUT2D eigenvalue weighted by Gasteiger charge is 2.08. The van der Waals surface area contributed by atoms with Crippen LogP contribution in [0.2, 0.25) is 0 Å². The van der Waals surface area contributed by atoms with Crippen LogP contribution in [-0.4, -0.2) is 9.97 Å². The van der Waals surface area contributed by atoms with E-state index in [1.807, 2.05) is 23.2 Å². The molecule has 0 unspecified atom stereocenters. The number of rotatable bonds is 2. The summed E-state index contributed by atoms with van der Waals surface area (Å²) in [6.07, 6.45) is 3.73. The third-order valence-corrected chi connectivity index (χ3v) is 2.76. The van der Waals surface area contributed by atoms with E-state index in [-0.39, 0.29) is 0 Å². The molecule has 0 spiro atoms. The van der Waals surface area contributed by atoms with Crippen LogP contribution in [0.5, 0.6) is 0 Å². The first kappa shape index (κ1) is 11.3. The van der Waals surface area contributed by atoms with E-state index in [4.69, 9.17) is 0 Å². The fraction of sp³-hybridized carbons (Fsp3) is 0.231. The predicted octanol–water partition coefficient (Wildman–Crippen LogP) is 4.12. The maximum Gasteiger partial charge on any atom is 0.159 e. The number of halogens is 1. The summed E-state index contributed by atoms with van der Waals surface area (Å²) in [5.41, 5.74) is 3.03. The molecule has 2 aromatic heterocycles. The zero-order chi connectivity index (χ0) is 11.5. The molecule has 0 aliphatic heterocycles. The van der Waals surface area contributed by atoms with Crippen LogP contribution in [0.15, 0.2) is 29.4 Å². The molecule has 0 saturated heterocycles. The molecule has 0 N–H and O–H groups in total. The Balaban J connectivity index is 2.70. The van der Waals surface area contributed by atoms with Gasteiger partial charge >= 0.3 is 0 Å². The lowest BCUT2D eigenvalue weighted by molar-refractivity contribution is 0.857. The second-order valence-corrected chi connectivity index (χ2v) is 4.49. The molecule has 2 rings (SSSR count). The van der Waals surface area contributed by atoms with Crippen LogP contribution in [0.25, 0.3) is 17.1 Å². The van der Waals surface area contributed by atoms with Crippen molar-refractivity contribution in [3.05, 3.63) is 40.6 Å². The van der Waals surface area contributed by atoms with E-state index in [0.29, 0.717) is 5.92 Å². The van der Waals surface area contributed by atoms with Crippen molar-refractivity contribution in [2.75, 3.05) is 0 Å². The molecule has 0 radical (unpaired) electrons. The van der Waals surface area contributed by atoms with Crippen LogP contribution in [0.1, 0.15) is 31.0 Å². The maximum absolute atomic E-state index is 4.56. The van der Waals surface area contributed by atoms with E-state index < -0.39 is 0 Å². The third kappa shape index (κ3) is 2.14. The summed E-state index contributed by atoms with van der Waals surface area (Å²) in [6, 6.07) is 6.15. The van der Waals surface area contributed by atoms with E-state index in [0.717, 1.165) is 16.7 Å². The lowest BCUT2D eigenvalue weighted by Crippen LogP contribution is -1.97. The molecular weight excluding hydrogens is 264 g/mol. The molecule has 82 valence electrons. The Hall–Kier alpha value is -1.22. The van der Waals surface area contributed by atoms with Gasteiger partial charge in [0.25, 0.3) is 0 Å². The van der Waals surface area contributed by atoms with Gasteiger partial charge in [-0.2, -0.15) is 0 Å². The Labute approximate surface area is 104 Å². The Morgan fingerprint density at radius 1 is 1.38 bits per heavy atom. The van der Waals surface area contributed by atoms with Crippen molar-refractivity contribution in [2.45, 2.75) is 19.8 Å². The number of hydrogen-bond donors (Lipinski definition) is 0. The molecule has 0 atom stereocenters. The van der Waals surface area contributed by atoms with E-state index in [2.05, 4.69) is 45.8 Å². The number of fused-ring (bicyclic) bond motifs is 1. The molecule has 0 amide bonds. The topological polar surface area (TPSA) is 25.8 Å². The number of hydrogen-bond acceptors (Lipinski definition) is 2. The van der Waals surface area contributed by atoms with Gasteiger partial charge in [-0.25, -0.2) is 9.97 Å². The maximum atomic E-state index is 4.56. The van der Waals surface area contributed by atoms with E-state index >= 15 is 0 Å². The number of aromatic nitrogens is 2. The van der Waals surface area contributed by atoms with Gasteiger partial charge in [0, 0.05) is 11.6 Å². The van der Waals surface area contributed by atoms with Gasteiger partial charge in [-0.3, -0.25) is 0 Å². The van der Waals surface area contributed by atoms with Crippen molar-refractivity contribution in [1.82, 2.24) is 9.97 Å². The van der Waals surface area contributed by atoms with Crippen LogP contribution < -0.4 is 0 Å². The standard InChI is InChI=1S/C13H13BrN2/c1-9(2)11-8-10-4-3-7-15-13(10)16-12(11)5-6-14/h3-9H,1-2H3. The molecule has 2 nitrogen and oxygen atoms in total. The largest absolute Gasteiger partial charge is 0.237 e. The third-order valence-electron chi connectivity index (χ3n) is 2.49. The summed E-state index contributed by atoms with van der Waals surface area (Å²) < 4.78 is 0. The van der Waals surface area contributed by atoms with Crippen LogP contribution >= 0.6 is 15.9 Å². The van der Waals surface area contributed by atoms with Crippen molar-refractivity contribution in [3.8, 4) is 0 Å². The summed E-state index contributed by atoms with van der Waals surface area (Å²) in [6.45, 7) is 4.34. The van der Waals surface area contributed by atoms with Gasteiger partial charge < -0.3 is 0 Å². The van der Waals surface area contributed by atoms with Gasteiger partial charge in [-0.1, -0.05) is 29.8 Å². The van der Waals surface area contributed by atoms with E-state index in [9.17, 15) is 0 Å². The van der Waals surface area contributed by atoms with Gasteiger partial charge in [0.05, 0.1) is 5.69 Å². The molecule has 2 aromatic rings. The average Bonchev–Trinajstić information content (AvgIpc) is 2.28. The Bertz CT molecular complexity index is 532. The lowest BCUT2D eigenvalue weighted by atomic mass is 10.00. The first-order valence-corrected chi connectivity index (χ1v) is 6.16. The van der Waals surface area contributed by atoms with Crippen LogP contribution in [-0.2, 0) is 0 Å². The Kier molecular flexibility index (Phi) is 3.34. The Morgan fingerprint density at radius 2 is 2.19 bits per heavy atom. The number of nitrogens with zero attached hydrogens (tertiary/aromatic N) is 2. The van der Waals surface area contributed by atoms with Crippen molar-refractivity contribution in [3.63, 3.8) is 0 Å². The smallest absolute Gasteiger partial charge is 0.159 e. The summed E-state index contributed by atoms with van der Waals surface area (Å²) >= 11 is 3.29. The van der Waals surface area contributed by atoms with Gasteiger partial charge in [0.15, 0.2) is 5.65 Å². The van der Waals surface area contributed by atoms with Crippen molar-refractivity contribution < 1.29 is 0 Å².